The van der Waals surface area contributed by atoms with Crippen molar-refractivity contribution < 1.29 is 9.53 Å². The maximum Gasteiger partial charge on any atom is 0.219 e. The number of hydrogen-bond acceptors (Lipinski definition) is 3. The van der Waals surface area contributed by atoms with E-state index in [-0.39, 0.29) is 12.0 Å². The van der Waals surface area contributed by atoms with E-state index in [9.17, 15) is 4.79 Å². The van der Waals surface area contributed by atoms with Crippen molar-refractivity contribution in [2.24, 2.45) is 0 Å². The number of amides is 1. The van der Waals surface area contributed by atoms with Crippen LogP contribution in [0, 0.1) is 0 Å². The third kappa shape index (κ3) is 1.91. The zero-order valence-electron chi connectivity index (χ0n) is 8.66. The molecule has 0 aromatic rings. The van der Waals surface area contributed by atoms with Gasteiger partial charge in [-0.25, -0.2) is 0 Å². The van der Waals surface area contributed by atoms with Crippen LogP contribution in [0.5, 0.6) is 0 Å². The highest BCUT2D eigenvalue weighted by Gasteiger charge is 2.34. The summed E-state index contributed by atoms with van der Waals surface area (Å²) < 4.78 is 5.71. The van der Waals surface area contributed by atoms with Crippen LogP contribution in [0.3, 0.4) is 0 Å². The molecule has 14 heavy (non-hydrogen) atoms. The molecule has 1 amide bonds. The summed E-state index contributed by atoms with van der Waals surface area (Å²) in [5.41, 5.74) is 0. The van der Waals surface area contributed by atoms with Crippen molar-refractivity contribution in [1.29, 1.82) is 0 Å². The van der Waals surface area contributed by atoms with Gasteiger partial charge in [0, 0.05) is 13.5 Å². The first-order chi connectivity index (χ1) is 6.79. The number of hydrogen-bond donors (Lipinski definition) is 1. The molecular formula is C10H18N2O2. The summed E-state index contributed by atoms with van der Waals surface area (Å²) in [6, 6.07) is 0.302. The van der Waals surface area contributed by atoms with Crippen LogP contribution in [0.1, 0.15) is 19.8 Å². The van der Waals surface area contributed by atoms with Crippen molar-refractivity contribution in [3.05, 3.63) is 0 Å². The molecule has 0 spiro atoms. The number of morpholine rings is 1. The highest BCUT2D eigenvalue weighted by atomic mass is 16.5. The molecule has 2 heterocycles. The van der Waals surface area contributed by atoms with E-state index in [0.29, 0.717) is 12.6 Å². The Morgan fingerprint density at radius 1 is 1.43 bits per heavy atom. The van der Waals surface area contributed by atoms with E-state index < -0.39 is 0 Å². The van der Waals surface area contributed by atoms with E-state index in [1.807, 2.05) is 4.90 Å². The van der Waals surface area contributed by atoms with Crippen molar-refractivity contribution in [2.45, 2.75) is 31.9 Å². The van der Waals surface area contributed by atoms with Gasteiger partial charge in [-0.1, -0.05) is 0 Å². The lowest BCUT2D eigenvalue weighted by atomic mass is 10.0. The molecule has 2 atom stereocenters. The van der Waals surface area contributed by atoms with Crippen LogP contribution in [-0.4, -0.2) is 49.2 Å². The summed E-state index contributed by atoms with van der Waals surface area (Å²) in [4.78, 5) is 13.4. The minimum absolute atomic E-state index is 0.185. The first-order valence-corrected chi connectivity index (χ1v) is 5.38. The average molecular weight is 198 g/mol. The van der Waals surface area contributed by atoms with Crippen LogP contribution in [-0.2, 0) is 9.53 Å². The molecule has 2 fully saturated rings. The Hall–Kier alpha value is -0.610. The van der Waals surface area contributed by atoms with Crippen molar-refractivity contribution in [3.8, 4) is 0 Å². The number of fused-ring (bicyclic) bond motifs is 1. The van der Waals surface area contributed by atoms with Crippen LogP contribution in [0.25, 0.3) is 0 Å². The van der Waals surface area contributed by atoms with Crippen molar-refractivity contribution in [2.75, 3.05) is 26.2 Å². The standard InChI is InChI=1S/C10H18N2O2/c1-8(13)12-6-7-14-10-3-5-11-4-2-9(10)12/h9-11H,2-7H2,1H3/t9-,10-/m1/s1. The van der Waals surface area contributed by atoms with E-state index in [0.717, 1.165) is 32.5 Å². The molecule has 0 aromatic heterocycles. The molecule has 0 aromatic carbocycles. The SMILES string of the molecule is CC(=O)N1CCO[C@@H]2CCNCC[C@H]21. The molecule has 80 valence electrons. The summed E-state index contributed by atoms with van der Waals surface area (Å²) >= 11 is 0. The Kier molecular flexibility index (Phi) is 3.03. The molecule has 0 saturated carbocycles. The zero-order chi connectivity index (χ0) is 9.97. The number of rotatable bonds is 0. The normalized spacial score (nSPS) is 33.4. The fraction of sp³-hybridized carbons (Fsp3) is 0.900. The van der Waals surface area contributed by atoms with E-state index in [1.165, 1.54) is 0 Å². The largest absolute Gasteiger partial charge is 0.374 e. The first-order valence-electron chi connectivity index (χ1n) is 5.38. The second-order valence-electron chi connectivity index (χ2n) is 4.02. The van der Waals surface area contributed by atoms with E-state index in [4.69, 9.17) is 4.74 Å². The van der Waals surface area contributed by atoms with Gasteiger partial charge in [0.15, 0.2) is 0 Å². The molecule has 0 radical (unpaired) electrons. The Balaban J connectivity index is 2.08. The third-order valence-electron chi connectivity index (χ3n) is 3.12. The van der Waals surface area contributed by atoms with Crippen LogP contribution in [0.4, 0.5) is 0 Å². The van der Waals surface area contributed by atoms with Gasteiger partial charge < -0.3 is 15.0 Å². The molecule has 1 N–H and O–H groups in total. The molecule has 2 saturated heterocycles. The van der Waals surface area contributed by atoms with Gasteiger partial charge in [-0.3, -0.25) is 4.79 Å². The summed E-state index contributed by atoms with van der Waals surface area (Å²) in [7, 11) is 0. The predicted octanol–water partition coefficient (Wildman–Crippen LogP) is -0.0143. The quantitative estimate of drug-likeness (QED) is 0.595. The van der Waals surface area contributed by atoms with Crippen molar-refractivity contribution in [1.82, 2.24) is 10.2 Å². The van der Waals surface area contributed by atoms with Crippen molar-refractivity contribution in [3.63, 3.8) is 0 Å². The second-order valence-corrected chi connectivity index (χ2v) is 4.02. The molecular weight excluding hydrogens is 180 g/mol. The summed E-state index contributed by atoms with van der Waals surface area (Å²) in [6.45, 7) is 5.11. The van der Waals surface area contributed by atoms with Crippen LogP contribution in [0.2, 0.25) is 0 Å². The second kappa shape index (κ2) is 4.28. The molecule has 4 heteroatoms. The van der Waals surface area contributed by atoms with Gasteiger partial charge in [0.1, 0.15) is 0 Å². The zero-order valence-corrected chi connectivity index (χ0v) is 8.66. The molecule has 0 unspecified atom stereocenters. The minimum atomic E-state index is 0.185. The fourth-order valence-electron chi connectivity index (χ4n) is 2.41. The number of carbonyl (C=O) groups excluding carboxylic acids is 1. The number of ether oxygens (including phenoxy) is 1. The molecule has 0 bridgehead atoms. The smallest absolute Gasteiger partial charge is 0.219 e. The fourth-order valence-corrected chi connectivity index (χ4v) is 2.41. The lowest BCUT2D eigenvalue weighted by molar-refractivity contribution is -0.144. The molecule has 2 aliphatic rings. The Labute approximate surface area is 84.6 Å². The molecule has 0 aliphatic carbocycles. The topological polar surface area (TPSA) is 41.6 Å². The molecule has 4 nitrogen and oxygen atoms in total. The van der Waals surface area contributed by atoms with E-state index >= 15 is 0 Å². The Morgan fingerprint density at radius 2 is 2.21 bits per heavy atom. The lowest BCUT2D eigenvalue weighted by Crippen LogP contribution is -2.52. The van der Waals surface area contributed by atoms with Gasteiger partial charge in [-0.2, -0.15) is 0 Å². The summed E-state index contributed by atoms with van der Waals surface area (Å²) in [5, 5.41) is 3.35. The maximum atomic E-state index is 11.4. The van der Waals surface area contributed by atoms with Gasteiger partial charge >= 0.3 is 0 Å². The molecule has 2 rings (SSSR count). The van der Waals surface area contributed by atoms with Gasteiger partial charge in [0.25, 0.3) is 0 Å². The Bertz CT molecular complexity index is 220. The number of nitrogens with one attached hydrogen (secondary N) is 1. The highest BCUT2D eigenvalue weighted by Crippen LogP contribution is 2.21. The average Bonchev–Trinajstić information content (AvgIpc) is 2.41. The number of nitrogens with zero attached hydrogens (tertiary/aromatic N) is 1. The summed E-state index contributed by atoms with van der Waals surface area (Å²) in [6.07, 6.45) is 2.29. The summed E-state index contributed by atoms with van der Waals surface area (Å²) in [5.74, 6) is 0.185. The van der Waals surface area contributed by atoms with Crippen LogP contribution >= 0.6 is 0 Å². The highest BCUT2D eigenvalue weighted by molar-refractivity contribution is 5.73. The van der Waals surface area contributed by atoms with Crippen LogP contribution < -0.4 is 5.32 Å². The lowest BCUT2D eigenvalue weighted by Gasteiger charge is -2.39. The molecule has 2 aliphatic heterocycles. The van der Waals surface area contributed by atoms with E-state index in [2.05, 4.69) is 5.32 Å². The van der Waals surface area contributed by atoms with Gasteiger partial charge in [0.05, 0.1) is 18.8 Å². The van der Waals surface area contributed by atoms with Gasteiger partial charge in [0.2, 0.25) is 5.91 Å². The minimum Gasteiger partial charge on any atom is -0.374 e. The Morgan fingerprint density at radius 3 is 3.00 bits per heavy atom. The maximum absolute atomic E-state index is 11.4. The van der Waals surface area contributed by atoms with Gasteiger partial charge in [-0.05, 0) is 25.9 Å². The monoisotopic (exact) mass is 198 g/mol. The van der Waals surface area contributed by atoms with Crippen molar-refractivity contribution >= 4 is 5.91 Å². The van der Waals surface area contributed by atoms with E-state index in [1.54, 1.807) is 6.92 Å². The number of carbonyl (C=O) groups is 1. The third-order valence-corrected chi connectivity index (χ3v) is 3.12. The van der Waals surface area contributed by atoms with Crippen LogP contribution in [0.15, 0.2) is 0 Å². The first kappa shape index (κ1) is 9.93. The van der Waals surface area contributed by atoms with Gasteiger partial charge in [-0.15, -0.1) is 0 Å². The predicted molar refractivity (Wildman–Crippen MR) is 53.0 cm³/mol.